The Hall–Kier alpha value is -1.34. The van der Waals surface area contributed by atoms with Gasteiger partial charge in [-0.3, -0.25) is 14.9 Å². The van der Waals surface area contributed by atoms with Crippen LogP contribution in [0.1, 0.15) is 6.42 Å². The average molecular weight is 312 g/mol. The van der Waals surface area contributed by atoms with Gasteiger partial charge in [0, 0.05) is 0 Å². The van der Waals surface area contributed by atoms with Crippen molar-refractivity contribution in [2.45, 2.75) is 43.1 Å². The largest absolute Gasteiger partial charge is 0.480 e. The van der Waals surface area contributed by atoms with Crippen molar-refractivity contribution in [3.05, 3.63) is 0 Å². The van der Waals surface area contributed by atoms with Crippen molar-refractivity contribution in [1.29, 1.82) is 0 Å². The summed E-state index contributed by atoms with van der Waals surface area (Å²) in [5, 5.41) is 66.3. The first-order chi connectivity index (χ1) is 9.61. The highest BCUT2D eigenvalue weighted by Gasteiger charge is 2.35. The standard InChI is InChI=1S/C10H20N2O9/c11-5(15)1-3(10(20)21)12-9(19)8(18)7(17)6(16)4(14)2-13/h3-4,6-9,12-14,16-19H,1-2H2,(H2,11,15)(H,20,21)/t3-,4+,6+,7-,8-,9?/m0/s1. The lowest BCUT2D eigenvalue weighted by Crippen LogP contribution is -2.57. The lowest BCUT2D eigenvalue weighted by atomic mass is 10.0. The SMILES string of the molecule is NC(=O)C[C@H](NC(O)[C@@H](O)[C@@H](O)[C@H](O)[C@H](O)CO)C(=O)O. The number of carboxylic acid groups (broad SMARTS) is 1. The van der Waals surface area contributed by atoms with Crippen molar-refractivity contribution in [1.82, 2.24) is 5.32 Å². The van der Waals surface area contributed by atoms with E-state index in [0.29, 0.717) is 0 Å². The van der Waals surface area contributed by atoms with Crippen molar-refractivity contribution < 1.29 is 45.3 Å². The maximum absolute atomic E-state index is 10.8. The van der Waals surface area contributed by atoms with E-state index in [2.05, 4.69) is 0 Å². The summed E-state index contributed by atoms with van der Waals surface area (Å²) >= 11 is 0. The van der Waals surface area contributed by atoms with E-state index in [9.17, 15) is 30.0 Å². The van der Waals surface area contributed by atoms with Crippen molar-refractivity contribution in [3.8, 4) is 0 Å². The second-order valence-electron chi connectivity index (χ2n) is 4.39. The van der Waals surface area contributed by atoms with Crippen LogP contribution in [0.5, 0.6) is 0 Å². The average Bonchev–Trinajstić information content (AvgIpc) is 2.42. The van der Waals surface area contributed by atoms with Gasteiger partial charge in [-0.15, -0.1) is 0 Å². The zero-order valence-electron chi connectivity index (χ0n) is 10.9. The Morgan fingerprint density at radius 2 is 1.52 bits per heavy atom. The van der Waals surface area contributed by atoms with Crippen LogP contribution in [0, 0.1) is 0 Å². The fourth-order valence-electron chi connectivity index (χ4n) is 1.45. The quantitative estimate of drug-likeness (QED) is 0.174. The number of aliphatic carboxylic acids is 1. The van der Waals surface area contributed by atoms with E-state index in [1.54, 1.807) is 0 Å². The summed E-state index contributed by atoms with van der Waals surface area (Å²) in [6.45, 7) is -0.909. The van der Waals surface area contributed by atoms with Crippen LogP contribution in [-0.4, -0.2) is 90.9 Å². The third-order valence-electron chi connectivity index (χ3n) is 2.68. The molecule has 0 saturated carbocycles. The van der Waals surface area contributed by atoms with Gasteiger partial charge < -0.3 is 41.5 Å². The molecule has 21 heavy (non-hydrogen) atoms. The molecular weight excluding hydrogens is 292 g/mol. The van der Waals surface area contributed by atoms with Crippen molar-refractivity contribution in [2.24, 2.45) is 5.73 Å². The second kappa shape index (κ2) is 8.84. The fourth-order valence-corrected chi connectivity index (χ4v) is 1.45. The van der Waals surface area contributed by atoms with Crippen LogP contribution in [0.4, 0.5) is 0 Å². The Bertz CT molecular complexity index is 353. The summed E-state index contributed by atoms with van der Waals surface area (Å²) in [6.07, 6.45) is -10.7. The Balaban J connectivity index is 4.71. The van der Waals surface area contributed by atoms with Gasteiger partial charge in [0.05, 0.1) is 13.0 Å². The Kier molecular flexibility index (Phi) is 8.27. The molecule has 0 heterocycles. The predicted octanol–water partition coefficient (Wildman–Crippen LogP) is -5.34. The maximum atomic E-state index is 10.8. The second-order valence-corrected chi connectivity index (χ2v) is 4.39. The van der Waals surface area contributed by atoms with Gasteiger partial charge in [-0.05, 0) is 0 Å². The molecular formula is C10H20N2O9. The minimum Gasteiger partial charge on any atom is -0.480 e. The normalized spacial score (nSPS) is 20.1. The zero-order valence-corrected chi connectivity index (χ0v) is 10.9. The zero-order chi connectivity index (χ0) is 16.7. The predicted molar refractivity (Wildman–Crippen MR) is 65.5 cm³/mol. The van der Waals surface area contributed by atoms with Gasteiger partial charge >= 0.3 is 5.97 Å². The van der Waals surface area contributed by atoms with Gasteiger partial charge in [0.1, 0.15) is 36.7 Å². The highest BCUT2D eigenvalue weighted by molar-refractivity contribution is 5.83. The fraction of sp³-hybridized carbons (Fsp3) is 0.800. The van der Waals surface area contributed by atoms with Crippen LogP contribution >= 0.6 is 0 Å². The molecule has 0 aromatic heterocycles. The first kappa shape index (κ1) is 19.7. The molecule has 0 aliphatic carbocycles. The molecule has 11 nitrogen and oxygen atoms in total. The van der Waals surface area contributed by atoms with Crippen molar-refractivity contribution in [3.63, 3.8) is 0 Å². The summed E-state index contributed by atoms with van der Waals surface area (Å²) < 4.78 is 0. The van der Waals surface area contributed by atoms with E-state index in [1.165, 1.54) is 0 Å². The molecule has 1 unspecified atom stereocenters. The third kappa shape index (κ3) is 6.31. The first-order valence-corrected chi connectivity index (χ1v) is 5.90. The number of amides is 1. The molecule has 124 valence electrons. The maximum Gasteiger partial charge on any atom is 0.321 e. The smallest absolute Gasteiger partial charge is 0.321 e. The molecule has 10 N–H and O–H groups in total. The van der Waals surface area contributed by atoms with Crippen LogP contribution in [0.15, 0.2) is 0 Å². The molecule has 0 bridgehead atoms. The van der Waals surface area contributed by atoms with Gasteiger partial charge in [0.2, 0.25) is 5.91 Å². The lowest BCUT2D eigenvalue weighted by Gasteiger charge is -2.30. The molecule has 11 heteroatoms. The van der Waals surface area contributed by atoms with E-state index in [1.807, 2.05) is 5.32 Å². The number of rotatable bonds is 10. The van der Waals surface area contributed by atoms with Crippen LogP contribution < -0.4 is 11.1 Å². The van der Waals surface area contributed by atoms with Gasteiger partial charge in [0.25, 0.3) is 0 Å². The van der Waals surface area contributed by atoms with E-state index >= 15 is 0 Å². The number of aliphatic hydroxyl groups is 6. The summed E-state index contributed by atoms with van der Waals surface area (Å²) in [5.74, 6) is -2.52. The molecule has 0 spiro atoms. The number of nitrogens with one attached hydrogen (secondary N) is 1. The number of hydrogen-bond acceptors (Lipinski definition) is 9. The van der Waals surface area contributed by atoms with Gasteiger partial charge in [-0.25, -0.2) is 0 Å². The number of carboxylic acids is 1. The monoisotopic (exact) mass is 312 g/mol. The van der Waals surface area contributed by atoms with E-state index < -0.39 is 61.6 Å². The van der Waals surface area contributed by atoms with Gasteiger partial charge in [-0.1, -0.05) is 0 Å². The summed E-state index contributed by atoms with van der Waals surface area (Å²) in [6, 6.07) is -1.63. The summed E-state index contributed by atoms with van der Waals surface area (Å²) in [7, 11) is 0. The van der Waals surface area contributed by atoms with Crippen LogP contribution in [-0.2, 0) is 9.59 Å². The van der Waals surface area contributed by atoms with Gasteiger partial charge in [-0.2, -0.15) is 0 Å². The molecule has 0 aliphatic heterocycles. The molecule has 0 fully saturated rings. The minimum absolute atomic E-state index is 0.684. The van der Waals surface area contributed by atoms with Gasteiger partial charge in [0.15, 0.2) is 0 Å². The van der Waals surface area contributed by atoms with Crippen molar-refractivity contribution >= 4 is 11.9 Å². The molecule has 6 atom stereocenters. The van der Waals surface area contributed by atoms with E-state index in [4.69, 9.17) is 21.1 Å². The molecule has 1 amide bonds. The number of aliphatic hydroxyl groups excluding tert-OH is 6. The number of carbonyl (C=O) groups is 2. The number of primary amides is 1. The molecule has 0 aliphatic rings. The first-order valence-electron chi connectivity index (χ1n) is 5.90. The minimum atomic E-state index is -2.10. The van der Waals surface area contributed by atoms with E-state index in [0.717, 1.165) is 0 Å². The summed E-state index contributed by atoms with van der Waals surface area (Å²) in [4.78, 5) is 21.5. The van der Waals surface area contributed by atoms with Crippen molar-refractivity contribution in [2.75, 3.05) is 6.61 Å². The number of nitrogens with two attached hydrogens (primary N) is 1. The van der Waals surface area contributed by atoms with Crippen LogP contribution in [0.25, 0.3) is 0 Å². The molecule has 0 aromatic carbocycles. The molecule has 0 aromatic rings. The molecule has 0 radical (unpaired) electrons. The Morgan fingerprint density at radius 1 is 1.00 bits per heavy atom. The van der Waals surface area contributed by atoms with E-state index in [-0.39, 0.29) is 0 Å². The highest BCUT2D eigenvalue weighted by Crippen LogP contribution is 2.08. The highest BCUT2D eigenvalue weighted by atomic mass is 16.4. The summed E-state index contributed by atoms with van der Waals surface area (Å²) in [5.41, 5.74) is 4.81. The number of carbonyl (C=O) groups excluding carboxylic acids is 1. The lowest BCUT2D eigenvalue weighted by molar-refractivity contribution is -0.154. The third-order valence-corrected chi connectivity index (χ3v) is 2.68. The van der Waals surface area contributed by atoms with Crippen LogP contribution in [0.3, 0.4) is 0 Å². The van der Waals surface area contributed by atoms with Crippen LogP contribution in [0.2, 0.25) is 0 Å². The molecule has 0 rings (SSSR count). The number of hydrogen-bond donors (Lipinski definition) is 9. The topological polar surface area (TPSA) is 214 Å². The Labute approximate surface area is 119 Å². The molecule has 0 saturated heterocycles. The Morgan fingerprint density at radius 3 is 1.90 bits per heavy atom.